The van der Waals surface area contributed by atoms with Gasteiger partial charge in [0.1, 0.15) is 0 Å². The van der Waals surface area contributed by atoms with Gasteiger partial charge in [-0.15, -0.1) is 0 Å². The molecule has 5 atom stereocenters. The van der Waals surface area contributed by atoms with Crippen molar-refractivity contribution < 1.29 is 15.2 Å². The molecule has 1 fully saturated rings. The second-order valence-corrected chi connectivity index (χ2v) is 12.2. The van der Waals surface area contributed by atoms with Crippen molar-refractivity contribution in [3.63, 3.8) is 0 Å². The van der Waals surface area contributed by atoms with Gasteiger partial charge in [0, 0.05) is 90.4 Å². The van der Waals surface area contributed by atoms with Crippen LogP contribution in [0.25, 0.3) is 16.5 Å². The molecule has 2 aromatic carbocycles. The van der Waals surface area contributed by atoms with Gasteiger partial charge in [-0.05, 0) is 54.5 Å². The zero-order valence-corrected chi connectivity index (χ0v) is 23.2. The molecule has 0 aliphatic carbocycles. The van der Waals surface area contributed by atoms with Crippen LogP contribution in [-0.2, 0) is 17.8 Å². The minimum absolute atomic E-state index is 0.0202. The number of rotatable bonds is 3. The van der Waals surface area contributed by atoms with Crippen LogP contribution < -0.4 is 15.7 Å². The fourth-order valence-corrected chi connectivity index (χ4v) is 8.16. The number of fused-ring (bicyclic) bond motifs is 9. The number of nitrogens with zero attached hydrogens (tertiary/aromatic N) is 3. The fourth-order valence-electron chi connectivity index (χ4n) is 8.16. The number of aromatic amines is 1. The predicted octanol–water partition coefficient (Wildman–Crippen LogP) is 3.21. The topological polar surface area (TPSA) is 109 Å². The van der Waals surface area contributed by atoms with E-state index in [0.29, 0.717) is 32.6 Å². The third kappa shape index (κ3) is 3.95. The molecule has 214 valence electrons. The normalized spacial score (nSPS) is 25.3. The Morgan fingerprint density at radius 2 is 1.95 bits per heavy atom. The number of nitrogens with one attached hydrogen (secondary N) is 2. The average molecular weight is 564 g/mol. The first-order chi connectivity index (χ1) is 20.5. The number of carbonyl (C=O) groups excluding carboxylic acids is 1. The van der Waals surface area contributed by atoms with Crippen LogP contribution in [0, 0.1) is 17.0 Å². The van der Waals surface area contributed by atoms with Crippen LogP contribution in [0.15, 0.2) is 77.7 Å². The highest BCUT2D eigenvalue weighted by atomic mass is 16.8. The Morgan fingerprint density at radius 1 is 1.07 bits per heavy atom. The van der Waals surface area contributed by atoms with E-state index in [1.807, 2.05) is 33.7 Å². The number of anilines is 1. The van der Waals surface area contributed by atoms with E-state index in [4.69, 9.17) is 0 Å². The molecule has 42 heavy (non-hydrogen) atoms. The molecule has 9 heteroatoms. The molecule has 1 amide bonds. The first kappa shape index (κ1) is 25.5. The number of hydrogen-bond donors (Lipinski definition) is 3. The van der Waals surface area contributed by atoms with Crippen LogP contribution in [0.2, 0.25) is 0 Å². The molecular formula is C33H33N5O4. The molecular weight excluding hydrogens is 530 g/mol. The quantitative estimate of drug-likeness (QED) is 0.332. The number of pyridine rings is 1. The van der Waals surface area contributed by atoms with Crippen LogP contribution in [0.3, 0.4) is 0 Å². The van der Waals surface area contributed by atoms with Gasteiger partial charge in [0.25, 0.3) is 5.56 Å². The lowest BCUT2D eigenvalue weighted by molar-refractivity contribution is -0.991. The molecule has 2 bridgehead atoms. The summed E-state index contributed by atoms with van der Waals surface area (Å²) in [7, 11) is 0. The zero-order chi connectivity index (χ0) is 28.5. The minimum Gasteiger partial charge on any atom is -0.595 e. The number of piperidine rings is 1. The summed E-state index contributed by atoms with van der Waals surface area (Å²) < 4.78 is 1.91. The molecule has 8 rings (SSSR count). The Bertz CT molecular complexity index is 1810. The molecule has 2 aromatic heterocycles. The van der Waals surface area contributed by atoms with Crippen molar-refractivity contribution in [1.29, 1.82) is 0 Å². The Balaban J connectivity index is 1.14. The maximum atomic E-state index is 14.4. The first-order valence-electron chi connectivity index (χ1n) is 14.8. The lowest BCUT2D eigenvalue weighted by Crippen LogP contribution is -2.99. The van der Waals surface area contributed by atoms with E-state index < -0.39 is 5.23 Å². The molecule has 0 saturated carbocycles. The van der Waals surface area contributed by atoms with Gasteiger partial charge in [-0.2, -0.15) is 5.23 Å². The van der Waals surface area contributed by atoms with Crippen molar-refractivity contribution in [1.82, 2.24) is 14.5 Å². The van der Waals surface area contributed by atoms with Gasteiger partial charge in [-0.25, -0.2) is 5.21 Å². The number of amides is 1. The highest BCUT2D eigenvalue weighted by molar-refractivity contribution is 5.93. The van der Waals surface area contributed by atoms with Crippen LogP contribution in [0.4, 0.5) is 11.4 Å². The fraction of sp³-hybridized carbons (Fsp3) is 0.333. The SMILES string of the molecule is O=C(C1Cc2cc([NH+]([O-])O)ccc2N2CC3CC(Cn4c3cccc4=O)C12)N1CC=C(c2c[nH]c3ccccc23)CC1. The molecule has 9 nitrogen and oxygen atoms in total. The van der Waals surface area contributed by atoms with E-state index >= 15 is 0 Å². The molecule has 4 aromatic rings. The van der Waals surface area contributed by atoms with E-state index in [2.05, 4.69) is 40.4 Å². The summed E-state index contributed by atoms with van der Waals surface area (Å²) in [5.74, 6) is 0.151. The molecule has 6 heterocycles. The molecule has 0 spiro atoms. The van der Waals surface area contributed by atoms with Crippen molar-refractivity contribution in [2.75, 3.05) is 24.5 Å². The van der Waals surface area contributed by atoms with E-state index in [0.717, 1.165) is 35.3 Å². The van der Waals surface area contributed by atoms with Gasteiger partial charge >= 0.3 is 0 Å². The van der Waals surface area contributed by atoms with E-state index in [-0.39, 0.29) is 40.9 Å². The maximum absolute atomic E-state index is 14.4. The standard InChI is InChI=1S/C33H33N5O4/c39-31-7-3-6-29-22-14-23(19-36(29)31)32-26(16-21-15-24(38(41)42)8-9-30(21)37(32)18-22)33(40)35-12-10-20(11-13-35)27-17-34-28-5-2-1-4-25(27)28/h1-10,15,17,22-23,26,32,34,38,41H,11-14,16,18-19H2. The highest BCUT2D eigenvalue weighted by Crippen LogP contribution is 2.48. The monoisotopic (exact) mass is 563 g/mol. The average Bonchev–Trinajstić information content (AvgIpc) is 3.45. The third-order valence-electron chi connectivity index (χ3n) is 10.0. The highest BCUT2D eigenvalue weighted by Gasteiger charge is 2.50. The van der Waals surface area contributed by atoms with Gasteiger partial charge in [0.15, 0.2) is 5.69 Å². The predicted molar refractivity (Wildman–Crippen MR) is 160 cm³/mol. The number of benzene rings is 2. The van der Waals surface area contributed by atoms with E-state index in [1.165, 1.54) is 16.5 Å². The van der Waals surface area contributed by atoms with Crippen LogP contribution in [0.5, 0.6) is 0 Å². The maximum Gasteiger partial charge on any atom is 0.250 e. The van der Waals surface area contributed by atoms with Crippen molar-refractivity contribution >= 4 is 33.8 Å². The lowest BCUT2D eigenvalue weighted by Gasteiger charge is -2.54. The van der Waals surface area contributed by atoms with Crippen molar-refractivity contribution in [3.05, 3.63) is 105 Å². The van der Waals surface area contributed by atoms with Crippen LogP contribution in [0.1, 0.15) is 35.6 Å². The molecule has 4 aliphatic heterocycles. The second kappa shape index (κ2) is 9.69. The number of H-pyrrole nitrogens is 1. The number of para-hydroxylation sites is 1. The van der Waals surface area contributed by atoms with Crippen molar-refractivity contribution in [3.8, 4) is 0 Å². The van der Waals surface area contributed by atoms with Gasteiger partial charge < -0.3 is 24.6 Å². The number of aromatic nitrogens is 2. The smallest absolute Gasteiger partial charge is 0.250 e. The van der Waals surface area contributed by atoms with Gasteiger partial charge in [0.05, 0.1) is 5.92 Å². The van der Waals surface area contributed by atoms with Crippen LogP contribution in [-0.4, -0.2) is 51.2 Å². The summed E-state index contributed by atoms with van der Waals surface area (Å²) in [6, 6.07) is 19.1. The number of quaternary nitrogens is 1. The van der Waals surface area contributed by atoms with Crippen molar-refractivity contribution in [2.45, 2.75) is 37.8 Å². The van der Waals surface area contributed by atoms with Gasteiger partial charge in [0.2, 0.25) is 5.91 Å². The summed E-state index contributed by atoms with van der Waals surface area (Å²) in [6.07, 6.45) is 6.47. The summed E-state index contributed by atoms with van der Waals surface area (Å²) in [6.45, 7) is 2.50. The zero-order valence-electron chi connectivity index (χ0n) is 23.2. The Morgan fingerprint density at radius 3 is 2.79 bits per heavy atom. The minimum atomic E-state index is -0.961. The van der Waals surface area contributed by atoms with Crippen LogP contribution >= 0.6 is 0 Å². The largest absolute Gasteiger partial charge is 0.595 e. The van der Waals surface area contributed by atoms with Gasteiger partial charge in [-0.3, -0.25) is 9.59 Å². The number of hydrogen-bond acceptors (Lipinski definition) is 5. The lowest BCUT2D eigenvalue weighted by atomic mass is 9.69. The summed E-state index contributed by atoms with van der Waals surface area (Å²) in [4.78, 5) is 34.9. The second-order valence-electron chi connectivity index (χ2n) is 12.2. The summed E-state index contributed by atoms with van der Waals surface area (Å²) in [5, 5.41) is 21.8. The Hall–Kier alpha value is -4.18. The Labute approximate surface area is 242 Å². The van der Waals surface area contributed by atoms with Gasteiger partial charge in [-0.1, -0.05) is 30.3 Å². The molecule has 5 unspecified atom stereocenters. The van der Waals surface area contributed by atoms with E-state index in [9.17, 15) is 20.0 Å². The third-order valence-corrected chi connectivity index (χ3v) is 10.0. The Kier molecular flexibility index (Phi) is 5.89. The van der Waals surface area contributed by atoms with Crippen molar-refractivity contribution in [2.24, 2.45) is 11.8 Å². The summed E-state index contributed by atoms with van der Waals surface area (Å²) >= 11 is 0. The molecule has 3 N–H and O–H groups in total. The molecule has 1 saturated heterocycles. The number of carbonyl (C=O) groups is 1. The summed E-state index contributed by atoms with van der Waals surface area (Å²) in [5.41, 5.74) is 6.82. The molecule has 0 radical (unpaired) electrons. The van der Waals surface area contributed by atoms with E-state index in [1.54, 1.807) is 18.2 Å². The first-order valence-corrected chi connectivity index (χ1v) is 14.8. The molecule has 4 aliphatic rings.